The van der Waals surface area contributed by atoms with E-state index in [1.165, 1.54) is 0 Å². The Hall–Kier alpha value is -2.47. The number of hydrogen-bond acceptors (Lipinski definition) is 5. The van der Waals surface area contributed by atoms with Crippen molar-refractivity contribution in [3.8, 4) is 11.5 Å². The van der Waals surface area contributed by atoms with Crippen LogP contribution in [0.2, 0.25) is 0 Å². The Kier molecular flexibility index (Phi) is 4.76. The van der Waals surface area contributed by atoms with E-state index in [0.717, 1.165) is 11.1 Å². The number of halogens is 1. The summed E-state index contributed by atoms with van der Waals surface area (Å²) in [5.74, 6) is 0.199. The molecule has 0 fully saturated rings. The second-order valence-electron chi connectivity index (χ2n) is 5.34. The minimum absolute atomic E-state index is 0.256. The summed E-state index contributed by atoms with van der Waals surface area (Å²) < 4.78 is 11.7. The van der Waals surface area contributed by atoms with E-state index in [2.05, 4.69) is 26.1 Å². The summed E-state index contributed by atoms with van der Waals surface area (Å²) >= 11 is 3.33. The molecule has 0 bridgehead atoms. The van der Waals surface area contributed by atoms with Crippen LogP contribution in [0.4, 0.5) is 0 Å². The molecule has 0 spiro atoms. The Morgan fingerprint density at radius 3 is 2.54 bits per heavy atom. The quantitative estimate of drug-likeness (QED) is 0.606. The van der Waals surface area contributed by atoms with Gasteiger partial charge < -0.3 is 9.15 Å². The molecular formula is C18H15BrN2O3. The molecular weight excluding hydrogens is 372 g/mol. The first-order valence-electron chi connectivity index (χ1n) is 7.40. The van der Waals surface area contributed by atoms with E-state index < -0.39 is 12.1 Å². The average molecular weight is 387 g/mol. The third-order valence-corrected chi connectivity index (χ3v) is 4.16. The molecule has 0 saturated heterocycles. The van der Waals surface area contributed by atoms with E-state index in [0.29, 0.717) is 15.9 Å². The van der Waals surface area contributed by atoms with Crippen molar-refractivity contribution in [3.63, 3.8) is 0 Å². The lowest BCUT2D eigenvalue weighted by Gasteiger charge is -2.10. The number of rotatable bonds is 4. The Morgan fingerprint density at radius 2 is 1.83 bits per heavy atom. The van der Waals surface area contributed by atoms with E-state index in [1.807, 2.05) is 37.3 Å². The van der Waals surface area contributed by atoms with Gasteiger partial charge in [-0.2, -0.15) is 0 Å². The first kappa shape index (κ1) is 16.4. The molecule has 3 aromatic rings. The molecule has 5 nitrogen and oxygen atoms in total. The summed E-state index contributed by atoms with van der Waals surface area (Å²) in [5.41, 5.74) is 2.42. The van der Waals surface area contributed by atoms with Crippen LogP contribution < -0.4 is 0 Å². The monoisotopic (exact) mass is 386 g/mol. The third kappa shape index (κ3) is 3.54. The number of aromatic nitrogens is 2. The van der Waals surface area contributed by atoms with Gasteiger partial charge in [-0.25, -0.2) is 4.79 Å². The molecule has 6 heteroatoms. The van der Waals surface area contributed by atoms with Crippen molar-refractivity contribution in [2.75, 3.05) is 0 Å². The first-order valence-corrected chi connectivity index (χ1v) is 8.20. The molecule has 0 aliphatic carbocycles. The van der Waals surface area contributed by atoms with Crippen LogP contribution in [-0.4, -0.2) is 16.2 Å². The van der Waals surface area contributed by atoms with Crippen LogP contribution >= 0.6 is 15.9 Å². The Bertz CT molecular complexity index is 859. The van der Waals surface area contributed by atoms with Gasteiger partial charge in [-0.1, -0.05) is 29.8 Å². The van der Waals surface area contributed by atoms with Crippen LogP contribution in [0.25, 0.3) is 11.5 Å². The summed E-state index contributed by atoms with van der Waals surface area (Å²) in [6.45, 7) is 3.70. The molecule has 122 valence electrons. The highest BCUT2D eigenvalue weighted by molar-refractivity contribution is 9.10. The summed E-state index contributed by atoms with van der Waals surface area (Å²) in [6.07, 6.45) is -0.642. The van der Waals surface area contributed by atoms with Crippen LogP contribution in [0.1, 0.15) is 34.8 Å². The molecule has 0 amide bonds. The highest BCUT2D eigenvalue weighted by atomic mass is 79.9. The van der Waals surface area contributed by atoms with Crippen LogP contribution in [0.5, 0.6) is 0 Å². The molecule has 0 unspecified atom stereocenters. The molecule has 0 aliphatic heterocycles. The molecule has 0 saturated carbocycles. The number of carbonyl (C=O) groups excluding carboxylic acids is 1. The standard InChI is InChI=1S/C18H15BrN2O3/c1-11-7-9-13(10-8-11)17-21-20-16(24-17)12(2)23-18(22)14-5-3-4-6-15(14)19/h3-10,12H,1-2H3/t12-/m1/s1. The Morgan fingerprint density at radius 1 is 1.12 bits per heavy atom. The van der Waals surface area contributed by atoms with Gasteiger partial charge in [-0.3, -0.25) is 0 Å². The highest BCUT2D eigenvalue weighted by Crippen LogP contribution is 2.24. The molecule has 1 atom stereocenters. The maximum Gasteiger partial charge on any atom is 0.340 e. The minimum Gasteiger partial charge on any atom is -0.449 e. The number of esters is 1. The molecule has 1 heterocycles. The zero-order chi connectivity index (χ0) is 17.1. The fourth-order valence-corrected chi connectivity index (χ4v) is 2.56. The number of benzene rings is 2. The fraction of sp³-hybridized carbons (Fsp3) is 0.167. The zero-order valence-corrected chi connectivity index (χ0v) is 14.8. The molecule has 0 radical (unpaired) electrons. The van der Waals surface area contributed by atoms with Crippen molar-refractivity contribution in [2.45, 2.75) is 20.0 Å². The van der Waals surface area contributed by atoms with Crippen molar-refractivity contribution in [2.24, 2.45) is 0 Å². The van der Waals surface area contributed by atoms with Gasteiger partial charge in [0.2, 0.25) is 5.89 Å². The van der Waals surface area contributed by atoms with Crippen molar-refractivity contribution < 1.29 is 13.9 Å². The van der Waals surface area contributed by atoms with Gasteiger partial charge in [0.15, 0.2) is 6.10 Å². The third-order valence-electron chi connectivity index (χ3n) is 3.46. The molecule has 2 aromatic carbocycles. The zero-order valence-electron chi connectivity index (χ0n) is 13.2. The van der Waals surface area contributed by atoms with Crippen molar-refractivity contribution in [3.05, 3.63) is 70.0 Å². The van der Waals surface area contributed by atoms with Crippen LogP contribution in [-0.2, 0) is 4.74 Å². The van der Waals surface area contributed by atoms with E-state index in [4.69, 9.17) is 9.15 Å². The highest BCUT2D eigenvalue weighted by Gasteiger charge is 2.21. The predicted molar refractivity (Wildman–Crippen MR) is 92.4 cm³/mol. The smallest absolute Gasteiger partial charge is 0.340 e. The molecule has 24 heavy (non-hydrogen) atoms. The maximum absolute atomic E-state index is 12.2. The van der Waals surface area contributed by atoms with E-state index in [-0.39, 0.29) is 5.89 Å². The molecule has 0 N–H and O–H groups in total. The normalized spacial score (nSPS) is 12.0. The summed E-state index contributed by atoms with van der Waals surface area (Å²) in [7, 11) is 0. The largest absolute Gasteiger partial charge is 0.449 e. The first-order chi connectivity index (χ1) is 11.5. The van der Waals surface area contributed by atoms with Crippen molar-refractivity contribution >= 4 is 21.9 Å². The number of nitrogens with zero attached hydrogens (tertiary/aromatic N) is 2. The lowest BCUT2D eigenvalue weighted by atomic mass is 10.1. The fourth-order valence-electron chi connectivity index (χ4n) is 2.11. The van der Waals surface area contributed by atoms with Crippen LogP contribution in [0.15, 0.2) is 57.4 Å². The lowest BCUT2D eigenvalue weighted by Crippen LogP contribution is -2.10. The number of carbonyl (C=O) groups is 1. The van der Waals surface area contributed by atoms with Crippen molar-refractivity contribution in [1.29, 1.82) is 0 Å². The minimum atomic E-state index is -0.642. The topological polar surface area (TPSA) is 65.2 Å². The van der Waals surface area contributed by atoms with E-state index in [9.17, 15) is 4.79 Å². The van der Waals surface area contributed by atoms with Gasteiger partial charge in [0.1, 0.15) is 0 Å². The van der Waals surface area contributed by atoms with Gasteiger partial charge in [-0.15, -0.1) is 10.2 Å². The number of hydrogen-bond donors (Lipinski definition) is 0. The average Bonchev–Trinajstić information content (AvgIpc) is 3.06. The van der Waals surface area contributed by atoms with Crippen LogP contribution in [0.3, 0.4) is 0 Å². The summed E-state index contributed by atoms with van der Waals surface area (Å²) in [5, 5.41) is 8.00. The van der Waals surface area contributed by atoms with Gasteiger partial charge in [0, 0.05) is 10.0 Å². The van der Waals surface area contributed by atoms with Gasteiger partial charge in [-0.05, 0) is 54.0 Å². The van der Waals surface area contributed by atoms with Crippen molar-refractivity contribution in [1.82, 2.24) is 10.2 Å². The molecule has 0 aliphatic rings. The molecule has 1 aromatic heterocycles. The van der Waals surface area contributed by atoms with Gasteiger partial charge in [0.25, 0.3) is 5.89 Å². The Labute approximate surface area is 147 Å². The van der Waals surface area contributed by atoms with Gasteiger partial charge in [0.05, 0.1) is 5.56 Å². The van der Waals surface area contributed by atoms with E-state index >= 15 is 0 Å². The maximum atomic E-state index is 12.2. The van der Waals surface area contributed by atoms with Gasteiger partial charge >= 0.3 is 5.97 Å². The summed E-state index contributed by atoms with van der Waals surface area (Å²) in [4.78, 5) is 12.2. The number of ether oxygens (including phenoxy) is 1. The number of aryl methyl sites for hydroxylation is 1. The second kappa shape index (κ2) is 6.97. The molecule has 3 rings (SSSR count). The predicted octanol–water partition coefficient (Wildman–Crippen LogP) is 4.73. The SMILES string of the molecule is Cc1ccc(-c2nnc([C@@H](C)OC(=O)c3ccccc3Br)o2)cc1. The lowest BCUT2D eigenvalue weighted by molar-refractivity contribution is 0.0279. The Balaban J connectivity index is 1.74. The summed E-state index contributed by atoms with van der Waals surface area (Å²) in [6, 6.07) is 14.8. The second-order valence-corrected chi connectivity index (χ2v) is 6.19. The van der Waals surface area contributed by atoms with E-state index in [1.54, 1.807) is 25.1 Å². The van der Waals surface area contributed by atoms with Crippen LogP contribution in [0, 0.1) is 6.92 Å².